The molecule has 0 aliphatic carbocycles. The zero-order valence-corrected chi connectivity index (χ0v) is 13.5. The smallest absolute Gasteiger partial charge is 0.180 e. The number of hydrogen-bond donors (Lipinski definition) is 1. The third-order valence-electron chi connectivity index (χ3n) is 2.89. The Morgan fingerprint density at radius 3 is 2.89 bits per heavy atom. The second kappa shape index (κ2) is 6.39. The molecular weight excluding hydrogens is 324 g/mol. The van der Waals surface area contributed by atoms with Crippen molar-refractivity contribution in [3.05, 3.63) is 38.8 Å². The molecule has 2 N–H and O–H groups in total. The van der Waals surface area contributed by atoms with Crippen LogP contribution in [-0.2, 0) is 12.8 Å². The maximum atomic E-state index is 5.83. The van der Waals surface area contributed by atoms with Crippen molar-refractivity contribution in [1.29, 1.82) is 0 Å². The molecule has 0 saturated carbocycles. The van der Waals surface area contributed by atoms with Crippen molar-refractivity contribution in [3.8, 4) is 5.75 Å². The van der Waals surface area contributed by atoms with Gasteiger partial charge in [-0.05, 0) is 30.2 Å². The Kier molecular flexibility index (Phi) is 4.82. The molecule has 1 aromatic heterocycles. The van der Waals surface area contributed by atoms with Crippen LogP contribution in [0.1, 0.15) is 29.5 Å². The van der Waals surface area contributed by atoms with Crippen LogP contribution in [0.2, 0.25) is 0 Å². The number of aromatic nitrogens is 1. The molecular formula is C14H17BrN2OS. The van der Waals surface area contributed by atoms with Gasteiger partial charge in [-0.25, -0.2) is 4.98 Å². The molecule has 102 valence electrons. The lowest BCUT2D eigenvalue weighted by atomic mass is 10.1. The zero-order chi connectivity index (χ0) is 13.8. The van der Waals surface area contributed by atoms with Crippen LogP contribution in [-0.4, -0.2) is 12.1 Å². The van der Waals surface area contributed by atoms with E-state index in [-0.39, 0.29) is 0 Å². The van der Waals surface area contributed by atoms with E-state index in [4.69, 9.17) is 10.5 Å². The van der Waals surface area contributed by atoms with E-state index in [1.807, 2.05) is 12.1 Å². The number of halogens is 1. The summed E-state index contributed by atoms with van der Waals surface area (Å²) in [6.45, 7) is 2.15. The molecule has 0 aliphatic rings. The first-order valence-corrected chi connectivity index (χ1v) is 7.81. The van der Waals surface area contributed by atoms with E-state index in [1.165, 1.54) is 10.4 Å². The van der Waals surface area contributed by atoms with Crippen molar-refractivity contribution < 1.29 is 4.74 Å². The van der Waals surface area contributed by atoms with E-state index in [1.54, 1.807) is 18.4 Å². The van der Waals surface area contributed by atoms with E-state index < -0.39 is 0 Å². The average Bonchev–Trinajstić information content (AvgIpc) is 2.73. The first-order chi connectivity index (χ1) is 9.13. The summed E-state index contributed by atoms with van der Waals surface area (Å²) in [5, 5.41) is 0.650. The van der Waals surface area contributed by atoms with Gasteiger partial charge in [0.2, 0.25) is 0 Å². The first kappa shape index (κ1) is 14.3. The fourth-order valence-corrected chi connectivity index (χ4v) is 3.25. The van der Waals surface area contributed by atoms with Crippen LogP contribution in [0.5, 0.6) is 5.75 Å². The number of methoxy groups -OCH3 is 1. The minimum Gasteiger partial charge on any atom is -0.497 e. The average molecular weight is 341 g/mol. The Morgan fingerprint density at radius 2 is 2.21 bits per heavy atom. The monoisotopic (exact) mass is 340 g/mol. The van der Waals surface area contributed by atoms with Crippen molar-refractivity contribution in [3.63, 3.8) is 0 Å². The molecule has 1 heterocycles. The summed E-state index contributed by atoms with van der Waals surface area (Å²) in [6, 6.07) is 6.01. The standard InChI is InChI=1S/C14H17BrN2OS/c1-3-4-12-13(19-14(16)17-12)8-9-7-10(18-2)5-6-11(9)15/h5-7H,3-4,8H2,1-2H3,(H2,16,17). The fraction of sp³-hybridized carbons (Fsp3) is 0.357. The van der Waals surface area contributed by atoms with Crippen molar-refractivity contribution in [2.24, 2.45) is 0 Å². The molecule has 0 radical (unpaired) electrons. The van der Waals surface area contributed by atoms with Gasteiger partial charge in [-0.3, -0.25) is 0 Å². The minimum atomic E-state index is 0.650. The molecule has 0 bridgehead atoms. The molecule has 0 unspecified atom stereocenters. The molecule has 19 heavy (non-hydrogen) atoms. The van der Waals surface area contributed by atoms with Crippen LogP contribution in [0.25, 0.3) is 0 Å². The second-order valence-corrected chi connectivity index (χ2v) is 6.28. The van der Waals surface area contributed by atoms with Gasteiger partial charge in [-0.2, -0.15) is 0 Å². The van der Waals surface area contributed by atoms with Crippen LogP contribution < -0.4 is 10.5 Å². The highest BCUT2D eigenvalue weighted by molar-refractivity contribution is 9.10. The van der Waals surface area contributed by atoms with E-state index in [2.05, 4.69) is 33.9 Å². The van der Waals surface area contributed by atoms with Crippen molar-refractivity contribution >= 4 is 32.4 Å². The second-order valence-electron chi connectivity index (χ2n) is 4.31. The molecule has 0 atom stereocenters. The number of benzene rings is 1. The number of nitrogen functional groups attached to an aromatic ring is 1. The highest BCUT2D eigenvalue weighted by Crippen LogP contribution is 2.29. The number of nitrogens with two attached hydrogens (primary N) is 1. The third-order valence-corrected chi connectivity index (χ3v) is 4.59. The Morgan fingerprint density at radius 1 is 1.42 bits per heavy atom. The van der Waals surface area contributed by atoms with Gasteiger partial charge < -0.3 is 10.5 Å². The summed E-state index contributed by atoms with van der Waals surface area (Å²) in [6.07, 6.45) is 2.89. The Labute approximate surface area is 125 Å². The van der Waals surface area contributed by atoms with E-state index in [0.717, 1.165) is 35.2 Å². The third kappa shape index (κ3) is 3.48. The first-order valence-electron chi connectivity index (χ1n) is 6.20. The summed E-state index contributed by atoms with van der Waals surface area (Å²) in [4.78, 5) is 5.66. The Bertz CT molecular complexity index is 569. The number of ether oxygens (including phenoxy) is 1. The van der Waals surface area contributed by atoms with Gasteiger partial charge in [-0.1, -0.05) is 29.3 Å². The van der Waals surface area contributed by atoms with Gasteiger partial charge in [0, 0.05) is 15.8 Å². The van der Waals surface area contributed by atoms with Crippen LogP contribution in [0.3, 0.4) is 0 Å². The maximum absolute atomic E-state index is 5.83. The van der Waals surface area contributed by atoms with Crippen LogP contribution in [0, 0.1) is 0 Å². The summed E-state index contributed by atoms with van der Waals surface area (Å²) in [5.74, 6) is 0.868. The van der Waals surface area contributed by atoms with E-state index in [0.29, 0.717) is 5.13 Å². The summed E-state index contributed by atoms with van der Waals surface area (Å²) in [5.41, 5.74) is 8.15. The number of hydrogen-bond acceptors (Lipinski definition) is 4. The lowest BCUT2D eigenvalue weighted by Crippen LogP contribution is -1.94. The molecule has 0 saturated heterocycles. The molecule has 0 fully saturated rings. The van der Waals surface area contributed by atoms with Crippen LogP contribution in [0.4, 0.5) is 5.13 Å². The molecule has 0 spiro atoms. The number of rotatable bonds is 5. The predicted molar refractivity (Wildman–Crippen MR) is 84.0 cm³/mol. The van der Waals surface area contributed by atoms with Gasteiger partial charge in [-0.15, -0.1) is 11.3 Å². The molecule has 1 aromatic carbocycles. The number of aryl methyl sites for hydroxylation is 1. The largest absolute Gasteiger partial charge is 0.497 e. The summed E-state index contributed by atoms with van der Waals surface area (Å²) >= 11 is 5.16. The normalized spacial score (nSPS) is 10.7. The number of anilines is 1. The highest BCUT2D eigenvalue weighted by atomic mass is 79.9. The van der Waals surface area contributed by atoms with Crippen LogP contribution >= 0.6 is 27.3 Å². The highest BCUT2D eigenvalue weighted by Gasteiger charge is 2.12. The quantitative estimate of drug-likeness (QED) is 0.893. The zero-order valence-electron chi connectivity index (χ0n) is 11.1. The SMILES string of the molecule is CCCc1nc(N)sc1Cc1cc(OC)ccc1Br. The minimum absolute atomic E-state index is 0.650. The molecule has 0 aliphatic heterocycles. The topological polar surface area (TPSA) is 48.1 Å². The van der Waals surface area contributed by atoms with E-state index >= 15 is 0 Å². The number of nitrogens with zero attached hydrogens (tertiary/aromatic N) is 1. The van der Waals surface area contributed by atoms with Gasteiger partial charge >= 0.3 is 0 Å². The maximum Gasteiger partial charge on any atom is 0.180 e. The van der Waals surface area contributed by atoms with Gasteiger partial charge in [0.25, 0.3) is 0 Å². The van der Waals surface area contributed by atoms with Gasteiger partial charge in [0.15, 0.2) is 5.13 Å². The molecule has 0 amide bonds. The fourth-order valence-electron chi connectivity index (χ4n) is 1.96. The molecule has 3 nitrogen and oxygen atoms in total. The van der Waals surface area contributed by atoms with E-state index in [9.17, 15) is 0 Å². The Balaban J connectivity index is 2.30. The predicted octanol–water partition coefficient (Wildman–Crippen LogP) is 4.04. The van der Waals surface area contributed by atoms with Crippen LogP contribution in [0.15, 0.2) is 22.7 Å². The van der Waals surface area contributed by atoms with Gasteiger partial charge in [0.1, 0.15) is 5.75 Å². The van der Waals surface area contributed by atoms with Crippen molar-refractivity contribution in [2.75, 3.05) is 12.8 Å². The Hall–Kier alpha value is -1.07. The lowest BCUT2D eigenvalue weighted by molar-refractivity contribution is 0.414. The number of thiazole rings is 1. The summed E-state index contributed by atoms with van der Waals surface area (Å²) in [7, 11) is 1.68. The van der Waals surface area contributed by atoms with Crippen molar-refractivity contribution in [2.45, 2.75) is 26.2 Å². The molecule has 2 rings (SSSR count). The van der Waals surface area contributed by atoms with Gasteiger partial charge in [0.05, 0.1) is 12.8 Å². The molecule has 2 aromatic rings. The van der Waals surface area contributed by atoms with Crippen molar-refractivity contribution in [1.82, 2.24) is 4.98 Å². The summed E-state index contributed by atoms with van der Waals surface area (Å²) < 4.78 is 6.36. The lowest BCUT2D eigenvalue weighted by Gasteiger charge is -2.07. The molecule has 5 heteroatoms.